The summed E-state index contributed by atoms with van der Waals surface area (Å²) in [5.41, 5.74) is 7.26. The minimum atomic E-state index is -1.17. The van der Waals surface area contributed by atoms with Gasteiger partial charge in [0.2, 0.25) is 23.9 Å². The number of hydrogen-bond donors (Lipinski definition) is 5. The molecule has 358 valence electrons. The summed E-state index contributed by atoms with van der Waals surface area (Å²) in [5.74, 6) is -4.03. The van der Waals surface area contributed by atoms with Crippen LogP contribution >= 0.6 is 23.2 Å². The Morgan fingerprint density at radius 2 is 1.60 bits per heavy atom. The first-order valence-corrected chi connectivity index (χ1v) is 23.3. The van der Waals surface area contributed by atoms with Gasteiger partial charge in [0.25, 0.3) is 23.6 Å². The number of benzene rings is 3. The number of rotatable bonds is 17. The average molecular weight is 973 g/mol. The van der Waals surface area contributed by atoms with E-state index in [1.807, 2.05) is 18.7 Å². The third-order valence-corrected chi connectivity index (χ3v) is 13.0. The number of carbonyl (C=O) groups is 7. The first-order chi connectivity index (χ1) is 32.5. The Balaban J connectivity index is 0.779. The Morgan fingerprint density at radius 1 is 0.926 bits per heavy atom. The summed E-state index contributed by atoms with van der Waals surface area (Å²) in [6.07, 6.45) is 6.97. The van der Waals surface area contributed by atoms with Crippen molar-refractivity contribution in [3.05, 3.63) is 105 Å². The van der Waals surface area contributed by atoms with Crippen LogP contribution in [0.15, 0.2) is 71.4 Å². The number of piperidine rings is 1. The maximum Gasteiger partial charge on any atom is 0.273 e. The number of unbranched alkanes of at least 4 members (excludes halogenated alkanes) is 6. The van der Waals surface area contributed by atoms with Crippen LogP contribution in [-0.2, 0) is 23.9 Å². The molecule has 2 fully saturated rings. The average Bonchev–Trinajstić information content (AvgIpc) is 3.79. The monoisotopic (exact) mass is 971 g/mol. The number of hydrogen-bond acceptors (Lipinski definition) is 12. The molecule has 3 aromatic rings. The Morgan fingerprint density at radius 3 is 2.29 bits per heavy atom. The molecule has 2 saturated heterocycles. The molecule has 0 aliphatic carbocycles. The molecule has 4 aliphatic rings. The number of nitrogens with zero attached hydrogens (tertiary/aromatic N) is 4. The number of imide groups is 2. The topological polar surface area (TPSA) is 237 Å². The van der Waals surface area contributed by atoms with Gasteiger partial charge in [-0.05, 0) is 81.6 Å². The van der Waals surface area contributed by atoms with Crippen LogP contribution in [0.4, 0.5) is 15.8 Å². The highest BCUT2D eigenvalue weighted by atomic mass is 35.5. The van der Waals surface area contributed by atoms with Crippen molar-refractivity contribution in [3.63, 3.8) is 0 Å². The maximum absolute atomic E-state index is 14.1. The van der Waals surface area contributed by atoms with Gasteiger partial charge in [-0.1, -0.05) is 61.4 Å². The standard InChI is InChI=1S/C48H52Cl2FN9O8/c1-26-24-58(46(65)28-14-16-29(17-15-28)55-43(63)33(52)23-36-42(53)57-45(68-36)40-31(49)18-19-32(51)41(40)50)25-27(2)59(26)38(62)13-8-6-4-3-5-7-9-22-54-34-12-10-11-30-39(34)48(67)60(47(30)66)35-20-21-37(61)56-44(35)64/h10-12,14-19,23,26-27,35,45,52,54H,3-9,13,20-22,24-25H2,1-2H3,(H2,53,57)(H,55,63)(H,56,61,64)/b36-23+,52-33?/t26-,27+,35?,45-/m0/s1. The Bertz CT molecular complexity index is 2590. The third-order valence-electron chi connectivity index (χ3n) is 12.3. The molecule has 0 radical (unpaired) electrons. The van der Waals surface area contributed by atoms with Crippen molar-refractivity contribution in [3.8, 4) is 0 Å². The van der Waals surface area contributed by atoms with E-state index in [1.54, 1.807) is 47.4 Å². The van der Waals surface area contributed by atoms with E-state index in [0.29, 0.717) is 43.0 Å². The van der Waals surface area contributed by atoms with Crippen molar-refractivity contribution in [2.75, 3.05) is 30.3 Å². The van der Waals surface area contributed by atoms with E-state index in [-0.39, 0.29) is 75.1 Å². The number of ether oxygens (including phenoxy) is 1. The lowest BCUT2D eigenvalue weighted by atomic mass is 10.0. The fourth-order valence-electron chi connectivity index (χ4n) is 8.95. The summed E-state index contributed by atoms with van der Waals surface area (Å²) in [6, 6.07) is 12.3. The molecule has 0 saturated carbocycles. The van der Waals surface area contributed by atoms with E-state index < -0.39 is 53.3 Å². The second kappa shape index (κ2) is 21.5. The third kappa shape index (κ3) is 10.9. The second-order valence-electron chi connectivity index (χ2n) is 17.2. The first kappa shape index (κ1) is 49.3. The van der Waals surface area contributed by atoms with Crippen molar-refractivity contribution in [2.24, 2.45) is 10.7 Å². The Kier molecular flexibility index (Phi) is 15.6. The number of carbonyl (C=O) groups excluding carboxylic acids is 7. The van der Waals surface area contributed by atoms with Crippen LogP contribution in [0, 0.1) is 11.2 Å². The summed E-state index contributed by atoms with van der Waals surface area (Å²) in [5, 5.41) is 16.2. The largest absolute Gasteiger partial charge is 0.460 e. The molecule has 0 aromatic heterocycles. The van der Waals surface area contributed by atoms with Crippen molar-refractivity contribution >= 4 is 87.5 Å². The van der Waals surface area contributed by atoms with Gasteiger partial charge >= 0.3 is 0 Å². The molecule has 4 aliphatic heterocycles. The zero-order chi connectivity index (χ0) is 48.8. The maximum atomic E-state index is 14.1. The molecule has 1 unspecified atom stereocenters. The highest BCUT2D eigenvalue weighted by Crippen LogP contribution is 2.39. The molecule has 68 heavy (non-hydrogen) atoms. The van der Waals surface area contributed by atoms with Gasteiger partial charge in [0, 0.05) is 67.6 Å². The lowest BCUT2D eigenvalue weighted by Crippen LogP contribution is -2.59. The zero-order valence-electron chi connectivity index (χ0n) is 37.5. The molecule has 17 nitrogen and oxygen atoms in total. The van der Waals surface area contributed by atoms with Gasteiger partial charge in [-0.2, -0.15) is 0 Å². The van der Waals surface area contributed by atoms with Crippen LogP contribution in [0.3, 0.4) is 0 Å². The van der Waals surface area contributed by atoms with Crippen LogP contribution < -0.4 is 21.7 Å². The van der Waals surface area contributed by atoms with Gasteiger partial charge in [-0.15, -0.1) is 0 Å². The summed E-state index contributed by atoms with van der Waals surface area (Å²) >= 11 is 12.2. The number of aliphatic imine (C=N–C) groups is 1. The van der Waals surface area contributed by atoms with Crippen molar-refractivity contribution in [1.29, 1.82) is 5.41 Å². The molecule has 0 bridgehead atoms. The lowest BCUT2D eigenvalue weighted by Gasteiger charge is -2.44. The normalized spacial score (nSPS) is 20.8. The smallest absolute Gasteiger partial charge is 0.273 e. The van der Waals surface area contributed by atoms with Gasteiger partial charge in [0.1, 0.15) is 17.6 Å². The number of amides is 7. The summed E-state index contributed by atoms with van der Waals surface area (Å²) in [6.45, 7) is 5.20. The fraction of sp³-hybridized carbons (Fsp3) is 0.396. The number of halogens is 3. The minimum absolute atomic E-state index is 0.0570. The van der Waals surface area contributed by atoms with Crippen LogP contribution in [-0.4, -0.2) is 105 Å². The molecule has 4 heterocycles. The number of piperazine rings is 1. The summed E-state index contributed by atoms with van der Waals surface area (Å²) in [4.78, 5) is 98.9. The highest BCUT2D eigenvalue weighted by molar-refractivity contribution is 6.46. The summed E-state index contributed by atoms with van der Waals surface area (Å²) < 4.78 is 19.7. The van der Waals surface area contributed by atoms with Crippen molar-refractivity contribution in [1.82, 2.24) is 20.0 Å². The van der Waals surface area contributed by atoms with Crippen LogP contribution in [0.25, 0.3) is 0 Å². The fourth-order valence-corrected chi connectivity index (χ4v) is 9.51. The minimum Gasteiger partial charge on any atom is -0.460 e. The molecule has 3 aromatic carbocycles. The second-order valence-corrected chi connectivity index (χ2v) is 18.0. The molecule has 7 rings (SSSR count). The first-order valence-electron chi connectivity index (χ1n) is 22.6. The molecule has 6 N–H and O–H groups in total. The Labute approximate surface area is 402 Å². The molecular formula is C48H52Cl2FN9O8. The van der Waals surface area contributed by atoms with Crippen LogP contribution in [0.5, 0.6) is 0 Å². The molecule has 20 heteroatoms. The van der Waals surface area contributed by atoms with Crippen LogP contribution in [0.1, 0.15) is 121 Å². The number of fused-ring (bicyclic) bond motifs is 1. The summed E-state index contributed by atoms with van der Waals surface area (Å²) in [7, 11) is 0. The zero-order valence-corrected chi connectivity index (χ0v) is 39.1. The van der Waals surface area contributed by atoms with Gasteiger partial charge in [0.05, 0.1) is 26.7 Å². The van der Waals surface area contributed by atoms with E-state index in [0.717, 1.165) is 62.0 Å². The Hall–Kier alpha value is -6.66. The quantitative estimate of drug-likeness (QED) is 0.0413. The molecule has 4 atom stereocenters. The number of anilines is 2. The SMILES string of the molecule is C[C@@H]1CN(C(=O)c2ccc(NC(=O)C(=N)/C=C3/O[C@@H](c4c(Cl)ccc(F)c4Cl)N=C3N)cc2)C[C@H](C)N1C(=O)CCCCCCCCCNc1cccc2c1C(=O)N(C1CCC(=O)NC1=O)C2=O. The van der Waals surface area contributed by atoms with Crippen LogP contribution in [0.2, 0.25) is 10.0 Å². The number of amidine groups is 1. The van der Waals surface area contributed by atoms with Gasteiger partial charge in [-0.25, -0.2) is 9.38 Å². The molecule has 7 amide bonds. The van der Waals surface area contributed by atoms with E-state index in [1.165, 1.54) is 6.07 Å². The van der Waals surface area contributed by atoms with E-state index in [2.05, 4.69) is 20.9 Å². The van der Waals surface area contributed by atoms with Crippen molar-refractivity contribution < 1.29 is 42.7 Å². The lowest BCUT2D eigenvalue weighted by molar-refractivity contribution is -0.139. The van der Waals surface area contributed by atoms with Gasteiger partial charge in [-0.3, -0.25) is 49.2 Å². The van der Waals surface area contributed by atoms with Gasteiger partial charge in [0.15, 0.2) is 11.6 Å². The van der Waals surface area contributed by atoms with Gasteiger partial charge < -0.3 is 30.9 Å². The number of nitrogens with two attached hydrogens (primary N) is 1. The molecular weight excluding hydrogens is 920 g/mol. The predicted octanol–water partition coefficient (Wildman–Crippen LogP) is 6.76. The predicted molar refractivity (Wildman–Crippen MR) is 253 cm³/mol. The van der Waals surface area contributed by atoms with Crippen molar-refractivity contribution in [2.45, 2.75) is 102 Å². The number of nitrogens with one attached hydrogen (secondary N) is 4. The van der Waals surface area contributed by atoms with E-state index in [9.17, 15) is 38.0 Å². The van der Waals surface area contributed by atoms with E-state index in [4.69, 9.17) is 39.1 Å². The molecule has 0 spiro atoms. The van der Waals surface area contributed by atoms with E-state index >= 15 is 0 Å². The highest BCUT2D eigenvalue weighted by Gasteiger charge is 2.45.